The minimum Gasteiger partial charge on any atom is -0.375 e. The van der Waals surface area contributed by atoms with Gasteiger partial charge in [-0.05, 0) is 43.7 Å². The third kappa shape index (κ3) is 5.78. The first-order valence-electron chi connectivity index (χ1n) is 10.3. The molecule has 0 spiro atoms. The normalized spacial score (nSPS) is 20.4. The van der Waals surface area contributed by atoms with Gasteiger partial charge < -0.3 is 9.64 Å². The van der Waals surface area contributed by atoms with Gasteiger partial charge in [0.05, 0.1) is 12.2 Å². The minimum atomic E-state index is 0.328. The molecule has 2 aliphatic rings. The fourth-order valence-corrected chi connectivity index (χ4v) is 3.95. The first-order valence-corrected chi connectivity index (χ1v) is 10.3. The molecule has 144 valence electrons. The maximum absolute atomic E-state index is 12.1. The Labute approximate surface area is 157 Å². The Bertz CT molecular complexity index is 535. The van der Waals surface area contributed by atoms with Crippen molar-refractivity contribution in [1.29, 1.82) is 0 Å². The number of aromatic nitrogens is 1. The van der Waals surface area contributed by atoms with E-state index in [1.54, 1.807) is 0 Å². The summed E-state index contributed by atoms with van der Waals surface area (Å²) in [7, 11) is 0. The molecule has 5 heteroatoms. The third-order valence-corrected chi connectivity index (χ3v) is 5.59. The number of nitrogens with zero attached hydrogens (tertiary/aromatic N) is 3. The van der Waals surface area contributed by atoms with Crippen molar-refractivity contribution in [1.82, 2.24) is 14.8 Å². The number of piperidine rings is 2. The SMILES string of the molecule is CCCCC(=O)N1CCC(OC2CCN(Cc3cccnc3)CC2)CC1. The van der Waals surface area contributed by atoms with Crippen molar-refractivity contribution in [2.75, 3.05) is 26.2 Å². The number of amides is 1. The molecule has 0 radical (unpaired) electrons. The molecule has 0 aliphatic carbocycles. The highest BCUT2D eigenvalue weighted by Gasteiger charge is 2.27. The van der Waals surface area contributed by atoms with Gasteiger partial charge in [0.15, 0.2) is 0 Å². The molecule has 0 atom stereocenters. The molecule has 1 aromatic rings. The van der Waals surface area contributed by atoms with Crippen molar-refractivity contribution in [3.63, 3.8) is 0 Å². The number of ether oxygens (including phenoxy) is 1. The predicted octanol–water partition coefficient (Wildman–Crippen LogP) is 3.24. The molecule has 1 aromatic heterocycles. The first kappa shape index (κ1) is 19.3. The number of likely N-dealkylation sites (tertiary alicyclic amines) is 2. The van der Waals surface area contributed by atoms with Crippen LogP contribution < -0.4 is 0 Å². The van der Waals surface area contributed by atoms with Gasteiger partial charge in [0, 0.05) is 51.5 Å². The Hall–Kier alpha value is -1.46. The second-order valence-electron chi connectivity index (χ2n) is 7.66. The lowest BCUT2D eigenvalue weighted by Gasteiger charge is -2.37. The summed E-state index contributed by atoms with van der Waals surface area (Å²) in [5, 5.41) is 0. The molecule has 2 fully saturated rings. The van der Waals surface area contributed by atoms with Crippen LogP contribution in [0.3, 0.4) is 0 Å². The molecular formula is C21H33N3O2. The Morgan fingerprint density at radius 1 is 1.15 bits per heavy atom. The zero-order valence-electron chi connectivity index (χ0n) is 16.1. The lowest BCUT2D eigenvalue weighted by Crippen LogP contribution is -2.43. The number of rotatable bonds is 7. The van der Waals surface area contributed by atoms with Gasteiger partial charge in [-0.3, -0.25) is 14.7 Å². The summed E-state index contributed by atoms with van der Waals surface area (Å²) in [5.74, 6) is 0.328. The van der Waals surface area contributed by atoms with Gasteiger partial charge in [0.25, 0.3) is 0 Å². The molecule has 2 aliphatic heterocycles. The van der Waals surface area contributed by atoms with E-state index in [0.717, 1.165) is 71.2 Å². The Morgan fingerprint density at radius 2 is 1.85 bits per heavy atom. The summed E-state index contributed by atoms with van der Waals surface area (Å²) in [6, 6.07) is 4.15. The average molecular weight is 360 g/mol. The number of unbranched alkanes of at least 4 members (excludes halogenated alkanes) is 1. The van der Waals surface area contributed by atoms with Gasteiger partial charge in [-0.2, -0.15) is 0 Å². The van der Waals surface area contributed by atoms with E-state index >= 15 is 0 Å². The van der Waals surface area contributed by atoms with Crippen LogP contribution >= 0.6 is 0 Å². The summed E-state index contributed by atoms with van der Waals surface area (Å²) in [4.78, 5) is 20.8. The van der Waals surface area contributed by atoms with Crippen molar-refractivity contribution < 1.29 is 9.53 Å². The molecule has 5 nitrogen and oxygen atoms in total. The fourth-order valence-electron chi connectivity index (χ4n) is 3.95. The van der Waals surface area contributed by atoms with E-state index in [0.29, 0.717) is 24.5 Å². The average Bonchev–Trinajstić information content (AvgIpc) is 2.69. The molecule has 0 N–H and O–H groups in total. The standard InChI is InChI=1S/C21H33N3O2/c1-2-3-6-21(25)24-14-9-20(10-15-24)26-19-7-12-23(13-8-19)17-18-5-4-11-22-16-18/h4-5,11,16,19-20H,2-3,6-10,12-15,17H2,1H3. The van der Waals surface area contributed by atoms with E-state index in [2.05, 4.69) is 22.9 Å². The van der Waals surface area contributed by atoms with Crippen LogP contribution in [0.2, 0.25) is 0 Å². The molecule has 0 aromatic carbocycles. The van der Waals surface area contributed by atoms with Gasteiger partial charge >= 0.3 is 0 Å². The van der Waals surface area contributed by atoms with Crippen molar-refractivity contribution in [3.05, 3.63) is 30.1 Å². The van der Waals surface area contributed by atoms with Gasteiger partial charge in [-0.15, -0.1) is 0 Å². The van der Waals surface area contributed by atoms with Crippen LogP contribution in [0.5, 0.6) is 0 Å². The molecule has 0 saturated carbocycles. The Morgan fingerprint density at radius 3 is 2.46 bits per heavy atom. The molecular weight excluding hydrogens is 326 g/mol. The van der Waals surface area contributed by atoms with Crippen LogP contribution in [0.15, 0.2) is 24.5 Å². The van der Waals surface area contributed by atoms with Crippen molar-refractivity contribution in [2.45, 2.75) is 70.6 Å². The molecule has 3 rings (SSSR count). The maximum atomic E-state index is 12.1. The summed E-state index contributed by atoms with van der Waals surface area (Å²) >= 11 is 0. The van der Waals surface area contributed by atoms with E-state index in [9.17, 15) is 4.79 Å². The largest absolute Gasteiger partial charge is 0.375 e. The van der Waals surface area contributed by atoms with Crippen LogP contribution in [-0.2, 0) is 16.1 Å². The van der Waals surface area contributed by atoms with E-state index in [-0.39, 0.29) is 0 Å². The third-order valence-electron chi connectivity index (χ3n) is 5.59. The second kappa shape index (κ2) is 10.0. The monoisotopic (exact) mass is 359 g/mol. The van der Waals surface area contributed by atoms with Gasteiger partial charge in [-0.1, -0.05) is 19.4 Å². The van der Waals surface area contributed by atoms with Gasteiger partial charge in [0.1, 0.15) is 0 Å². The van der Waals surface area contributed by atoms with Gasteiger partial charge in [-0.25, -0.2) is 0 Å². The zero-order chi connectivity index (χ0) is 18.2. The summed E-state index contributed by atoms with van der Waals surface area (Å²) in [5.41, 5.74) is 1.28. The molecule has 1 amide bonds. The highest BCUT2D eigenvalue weighted by molar-refractivity contribution is 5.76. The fraction of sp³-hybridized carbons (Fsp3) is 0.714. The van der Waals surface area contributed by atoms with Crippen molar-refractivity contribution in [3.8, 4) is 0 Å². The highest BCUT2D eigenvalue weighted by atomic mass is 16.5. The number of carbonyl (C=O) groups is 1. The van der Waals surface area contributed by atoms with E-state index in [1.165, 1.54) is 5.56 Å². The summed E-state index contributed by atoms with van der Waals surface area (Å²) in [6.07, 6.45) is 11.5. The number of pyridine rings is 1. The van der Waals surface area contributed by atoms with Crippen molar-refractivity contribution >= 4 is 5.91 Å². The van der Waals surface area contributed by atoms with Crippen LogP contribution in [0.1, 0.15) is 57.4 Å². The number of hydrogen-bond donors (Lipinski definition) is 0. The summed E-state index contributed by atoms with van der Waals surface area (Å²) in [6.45, 7) is 7.04. The molecule has 0 unspecified atom stereocenters. The predicted molar refractivity (Wildman–Crippen MR) is 103 cm³/mol. The molecule has 3 heterocycles. The zero-order valence-corrected chi connectivity index (χ0v) is 16.1. The van der Waals surface area contributed by atoms with Crippen molar-refractivity contribution in [2.24, 2.45) is 0 Å². The van der Waals surface area contributed by atoms with E-state index < -0.39 is 0 Å². The molecule has 2 saturated heterocycles. The van der Waals surface area contributed by atoms with Crippen LogP contribution in [0.4, 0.5) is 0 Å². The minimum absolute atomic E-state index is 0.328. The van der Waals surface area contributed by atoms with Crippen LogP contribution in [0.25, 0.3) is 0 Å². The Kier molecular flexibility index (Phi) is 7.44. The van der Waals surface area contributed by atoms with E-state index in [4.69, 9.17) is 4.74 Å². The Balaban J connectivity index is 1.33. The quantitative estimate of drug-likeness (QED) is 0.750. The van der Waals surface area contributed by atoms with Crippen LogP contribution in [-0.4, -0.2) is 59.1 Å². The first-order chi connectivity index (χ1) is 12.7. The second-order valence-corrected chi connectivity index (χ2v) is 7.66. The lowest BCUT2D eigenvalue weighted by atomic mass is 10.0. The molecule has 0 bridgehead atoms. The topological polar surface area (TPSA) is 45.7 Å². The van der Waals surface area contributed by atoms with E-state index in [1.807, 2.05) is 23.4 Å². The maximum Gasteiger partial charge on any atom is 0.222 e. The molecule has 26 heavy (non-hydrogen) atoms. The highest BCUT2D eigenvalue weighted by Crippen LogP contribution is 2.22. The number of hydrogen-bond acceptors (Lipinski definition) is 4. The van der Waals surface area contributed by atoms with Crippen LogP contribution in [0, 0.1) is 0 Å². The van der Waals surface area contributed by atoms with Gasteiger partial charge in [0.2, 0.25) is 5.91 Å². The lowest BCUT2D eigenvalue weighted by molar-refractivity contribution is -0.135. The number of carbonyl (C=O) groups excluding carboxylic acids is 1. The smallest absolute Gasteiger partial charge is 0.222 e. The summed E-state index contributed by atoms with van der Waals surface area (Å²) < 4.78 is 6.36.